The summed E-state index contributed by atoms with van der Waals surface area (Å²) in [4.78, 5) is 1.33. The highest BCUT2D eigenvalue weighted by Gasteiger charge is 2.06. The zero-order chi connectivity index (χ0) is 12.8. The first-order valence-corrected chi connectivity index (χ1v) is 8.49. The first kappa shape index (κ1) is 14.1. The lowest BCUT2D eigenvalue weighted by molar-refractivity contribution is 0.669. The van der Waals surface area contributed by atoms with Crippen molar-refractivity contribution >= 4 is 39.0 Å². The molecular formula is C14H16BrNS2. The second kappa shape index (κ2) is 7.34. The molecule has 0 unspecified atom stereocenters. The summed E-state index contributed by atoms with van der Waals surface area (Å²) < 4.78 is 2.48. The van der Waals surface area contributed by atoms with Crippen molar-refractivity contribution in [3.05, 3.63) is 45.7 Å². The van der Waals surface area contributed by atoms with Gasteiger partial charge in [-0.1, -0.05) is 46.7 Å². The van der Waals surface area contributed by atoms with E-state index < -0.39 is 0 Å². The molecule has 1 aromatic heterocycles. The standard InChI is InChI=1S/C14H16BrNS2/c1-2-7-16-10-11-5-6-12(15)9-13(11)18-14-4-3-8-17-14/h3-6,8-9,16H,2,7,10H2,1H3. The average molecular weight is 342 g/mol. The topological polar surface area (TPSA) is 12.0 Å². The fourth-order valence-electron chi connectivity index (χ4n) is 1.60. The Morgan fingerprint density at radius 2 is 2.22 bits per heavy atom. The number of thiophene rings is 1. The quantitative estimate of drug-likeness (QED) is 0.728. The maximum Gasteiger partial charge on any atom is 0.0646 e. The normalized spacial score (nSPS) is 10.8. The summed E-state index contributed by atoms with van der Waals surface area (Å²) in [6.07, 6.45) is 1.17. The zero-order valence-electron chi connectivity index (χ0n) is 10.3. The summed E-state index contributed by atoms with van der Waals surface area (Å²) in [5, 5.41) is 5.59. The van der Waals surface area contributed by atoms with Crippen LogP contribution in [-0.4, -0.2) is 6.54 Å². The number of hydrogen-bond donors (Lipinski definition) is 1. The fraction of sp³-hybridized carbons (Fsp3) is 0.286. The van der Waals surface area contributed by atoms with E-state index in [0.29, 0.717) is 0 Å². The van der Waals surface area contributed by atoms with Crippen molar-refractivity contribution in [2.24, 2.45) is 0 Å². The Labute approximate surface area is 125 Å². The molecule has 1 aromatic carbocycles. The monoisotopic (exact) mass is 341 g/mol. The van der Waals surface area contributed by atoms with Gasteiger partial charge in [0, 0.05) is 15.9 Å². The van der Waals surface area contributed by atoms with Crippen LogP contribution in [0.25, 0.3) is 0 Å². The van der Waals surface area contributed by atoms with Gasteiger partial charge in [-0.15, -0.1) is 11.3 Å². The van der Waals surface area contributed by atoms with E-state index in [1.54, 1.807) is 11.3 Å². The summed E-state index contributed by atoms with van der Waals surface area (Å²) in [5.41, 5.74) is 1.37. The smallest absolute Gasteiger partial charge is 0.0646 e. The number of nitrogens with one attached hydrogen (secondary N) is 1. The Kier molecular flexibility index (Phi) is 5.76. The van der Waals surface area contributed by atoms with Crippen LogP contribution < -0.4 is 5.32 Å². The molecule has 1 nitrogen and oxygen atoms in total. The summed E-state index contributed by atoms with van der Waals surface area (Å²) in [7, 11) is 0. The molecule has 1 N–H and O–H groups in total. The van der Waals surface area contributed by atoms with E-state index in [-0.39, 0.29) is 0 Å². The molecule has 0 aliphatic heterocycles. The van der Waals surface area contributed by atoms with Crippen LogP contribution in [0.4, 0.5) is 0 Å². The minimum atomic E-state index is 0.939. The van der Waals surface area contributed by atoms with E-state index in [1.165, 1.54) is 21.1 Å². The Bertz CT molecular complexity index is 483. The van der Waals surface area contributed by atoms with Crippen LogP contribution >= 0.6 is 39.0 Å². The molecule has 2 aromatic rings. The molecule has 0 saturated heterocycles. The summed E-state index contributed by atoms with van der Waals surface area (Å²) in [6.45, 7) is 4.20. The zero-order valence-corrected chi connectivity index (χ0v) is 13.5. The van der Waals surface area contributed by atoms with Crippen LogP contribution in [0.5, 0.6) is 0 Å². The van der Waals surface area contributed by atoms with Gasteiger partial charge < -0.3 is 5.32 Å². The minimum absolute atomic E-state index is 0.939. The molecule has 0 aliphatic carbocycles. The molecule has 0 saturated carbocycles. The number of benzene rings is 1. The van der Waals surface area contributed by atoms with Crippen LogP contribution in [0.1, 0.15) is 18.9 Å². The lowest BCUT2D eigenvalue weighted by Gasteiger charge is -2.10. The van der Waals surface area contributed by atoms with Crippen LogP contribution in [0.15, 0.2) is 49.3 Å². The maximum atomic E-state index is 3.55. The van der Waals surface area contributed by atoms with Gasteiger partial charge in [-0.25, -0.2) is 0 Å². The molecule has 4 heteroatoms. The third kappa shape index (κ3) is 4.12. The molecule has 0 bridgehead atoms. The van der Waals surface area contributed by atoms with Crippen molar-refractivity contribution in [3.63, 3.8) is 0 Å². The van der Waals surface area contributed by atoms with Crippen LogP contribution in [0.2, 0.25) is 0 Å². The van der Waals surface area contributed by atoms with Gasteiger partial charge >= 0.3 is 0 Å². The van der Waals surface area contributed by atoms with Gasteiger partial charge in [-0.3, -0.25) is 0 Å². The van der Waals surface area contributed by atoms with Crippen molar-refractivity contribution in [1.29, 1.82) is 0 Å². The van der Waals surface area contributed by atoms with E-state index >= 15 is 0 Å². The van der Waals surface area contributed by atoms with E-state index in [0.717, 1.165) is 17.6 Å². The van der Waals surface area contributed by atoms with Gasteiger partial charge in [-0.2, -0.15) is 0 Å². The van der Waals surface area contributed by atoms with Crippen molar-refractivity contribution < 1.29 is 0 Å². The van der Waals surface area contributed by atoms with E-state index in [9.17, 15) is 0 Å². The SMILES string of the molecule is CCCNCc1ccc(Br)cc1Sc1cccs1. The van der Waals surface area contributed by atoms with Gasteiger partial charge in [0.15, 0.2) is 0 Å². The van der Waals surface area contributed by atoms with Gasteiger partial charge in [-0.05, 0) is 42.1 Å². The third-order valence-corrected chi connectivity index (χ3v) is 5.11. The van der Waals surface area contributed by atoms with Crippen molar-refractivity contribution in [2.45, 2.75) is 29.0 Å². The second-order valence-electron chi connectivity index (χ2n) is 3.96. The van der Waals surface area contributed by atoms with E-state index in [4.69, 9.17) is 0 Å². The average Bonchev–Trinajstić information content (AvgIpc) is 2.85. The molecule has 0 atom stereocenters. The van der Waals surface area contributed by atoms with E-state index in [1.807, 2.05) is 11.8 Å². The van der Waals surface area contributed by atoms with Crippen molar-refractivity contribution in [3.8, 4) is 0 Å². The summed E-state index contributed by atoms with van der Waals surface area (Å²) >= 11 is 7.18. The largest absolute Gasteiger partial charge is 0.313 e. The molecule has 0 fully saturated rings. The first-order valence-electron chi connectivity index (χ1n) is 6.00. The number of halogens is 1. The number of rotatable bonds is 6. The van der Waals surface area contributed by atoms with Gasteiger partial charge in [0.05, 0.1) is 4.21 Å². The Balaban J connectivity index is 2.12. The van der Waals surface area contributed by atoms with E-state index in [2.05, 4.69) is 63.9 Å². The maximum absolute atomic E-state index is 3.55. The van der Waals surface area contributed by atoms with Crippen molar-refractivity contribution in [2.75, 3.05) is 6.54 Å². The Hall–Kier alpha value is -0.290. The van der Waals surface area contributed by atoms with Gasteiger partial charge in [0.25, 0.3) is 0 Å². The molecule has 0 radical (unpaired) electrons. The minimum Gasteiger partial charge on any atom is -0.313 e. The summed E-state index contributed by atoms with van der Waals surface area (Å²) in [5.74, 6) is 0. The first-order chi connectivity index (χ1) is 8.79. The third-order valence-electron chi connectivity index (χ3n) is 2.48. The van der Waals surface area contributed by atoms with Crippen LogP contribution in [-0.2, 0) is 6.54 Å². The Morgan fingerprint density at radius 3 is 2.94 bits per heavy atom. The highest BCUT2D eigenvalue weighted by Crippen LogP contribution is 2.35. The lowest BCUT2D eigenvalue weighted by Crippen LogP contribution is -2.14. The van der Waals surface area contributed by atoms with Crippen LogP contribution in [0.3, 0.4) is 0 Å². The molecule has 0 amide bonds. The second-order valence-corrected chi connectivity index (χ2v) is 7.17. The molecular weight excluding hydrogens is 326 g/mol. The molecule has 0 aliphatic rings. The van der Waals surface area contributed by atoms with Gasteiger partial charge in [0.1, 0.15) is 0 Å². The molecule has 96 valence electrons. The number of hydrogen-bond acceptors (Lipinski definition) is 3. The van der Waals surface area contributed by atoms with Crippen LogP contribution in [0, 0.1) is 0 Å². The molecule has 2 rings (SSSR count). The predicted molar refractivity (Wildman–Crippen MR) is 84.6 cm³/mol. The molecule has 0 spiro atoms. The predicted octanol–water partition coefficient (Wildman–Crippen LogP) is 5.16. The fourth-order valence-corrected chi connectivity index (χ4v) is 4.01. The molecule has 18 heavy (non-hydrogen) atoms. The molecule has 1 heterocycles. The highest BCUT2D eigenvalue weighted by atomic mass is 79.9. The Morgan fingerprint density at radius 1 is 1.33 bits per heavy atom. The lowest BCUT2D eigenvalue weighted by atomic mass is 10.2. The van der Waals surface area contributed by atoms with Gasteiger partial charge in [0.2, 0.25) is 0 Å². The van der Waals surface area contributed by atoms with Crippen molar-refractivity contribution in [1.82, 2.24) is 5.32 Å². The highest BCUT2D eigenvalue weighted by molar-refractivity contribution is 9.10. The summed E-state index contributed by atoms with van der Waals surface area (Å²) in [6, 6.07) is 10.8.